The van der Waals surface area contributed by atoms with E-state index in [-0.39, 0.29) is 17.4 Å². The zero-order valence-electron chi connectivity index (χ0n) is 15.4. The molecule has 0 atom stereocenters. The first-order valence-electron chi connectivity index (χ1n) is 8.70. The monoisotopic (exact) mass is 507 g/mol. The van der Waals surface area contributed by atoms with Crippen molar-refractivity contribution in [3.05, 3.63) is 74.0 Å². The molecule has 0 saturated carbocycles. The van der Waals surface area contributed by atoms with Crippen molar-refractivity contribution in [2.24, 2.45) is 0 Å². The molecular formula is C20H18IN3O3S. The largest absolute Gasteiger partial charge is 0.306 e. The van der Waals surface area contributed by atoms with Crippen LogP contribution in [0.5, 0.6) is 0 Å². The molecule has 1 aromatic heterocycles. The smallest absolute Gasteiger partial charge is 0.257 e. The van der Waals surface area contributed by atoms with E-state index in [4.69, 9.17) is 0 Å². The van der Waals surface area contributed by atoms with Crippen molar-refractivity contribution < 1.29 is 13.2 Å². The molecular weight excluding hydrogens is 489 g/mol. The number of amides is 1. The van der Waals surface area contributed by atoms with Gasteiger partial charge in [-0.2, -0.15) is 5.10 Å². The SMILES string of the molecule is Cc1cccc(-n2nc3c(c2NC(=O)c2ccccc2I)CS(=O)(=O)C3)c1C. The van der Waals surface area contributed by atoms with Crippen LogP contribution in [0.25, 0.3) is 5.69 Å². The Labute approximate surface area is 177 Å². The number of anilines is 1. The highest BCUT2D eigenvalue weighted by Gasteiger charge is 2.33. The van der Waals surface area contributed by atoms with Gasteiger partial charge in [-0.05, 0) is 65.8 Å². The summed E-state index contributed by atoms with van der Waals surface area (Å²) < 4.78 is 26.7. The second-order valence-electron chi connectivity index (χ2n) is 6.87. The number of hydrogen-bond donors (Lipinski definition) is 1. The molecule has 28 heavy (non-hydrogen) atoms. The van der Waals surface area contributed by atoms with E-state index in [0.717, 1.165) is 20.4 Å². The van der Waals surface area contributed by atoms with Gasteiger partial charge in [0.15, 0.2) is 9.84 Å². The van der Waals surface area contributed by atoms with Crippen LogP contribution in [0.15, 0.2) is 42.5 Å². The molecule has 3 aromatic rings. The van der Waals surface area contributed by atoms with Crippen molar-refractivity contribution in [1.29, 1.82) is 0 Å². The van der Waals surface area contributed by atoms with E-state index >= 15 is 0 Å². The Morgan fingerprint density at radius 1 is 1.11 bits per heavy atom. The minimum atomic E-state index is -3.24. The van der Waals surface area contributed by atoms with Gasteiger partial charge in [0.1, 0.15) is 5.82 Å². The van der Waals surface area contributed by atoms with Gasteiger partial charge in [0.05, 0.1) is 28.5 Å². The van der Waals surface area contributed by atoms with Gasteiger partial charge in [-0.3, -0.25) is 4.79 Å². The lowest BCUT2D eigenvalue weighted by atomic mass is 10.1. The van der Waals surface area contributed by atoms with Gasteiger partial charge in [-0.25, -0.2) is 13.1 Å². The summed E-state index contributed by atoms with van der Waals surface area (Å²) in [5, 5.41) is 7.47. The highest BCUT2D eigenvalue weighted by atomic mass is 127. The lowest BCUT2D eigenvalue weighted by Gasteiger charge is -2.14. The summed E-state index contributed by atoms with van der Waals surface area (Å²) in [6, 6.07) is 13.1. The maximum absolute atomic E-state index is 12.9. The molecule has 0 bridgehead atoms. The van der Waals surface area contributed by atoms with Gasteiger partial charge in [-0.1, -0.05) is 24.3 Å². The number of carbonyl (C=O) groups excluding carboxylic acids is 1. The summed E-state index contributed by atoms with van der Waals surface area (Å²) >= 11 is 2.11. The highest BCUT2D eigenvalue weighted by molar-refractivity contribution is 14.1. The van der Waals surface area contributed by atoms with Gasteiger partial charge in [-0.15, -0.1) is 0 Å². The summed E-state index contributed by atoms with van der Waals surface area (Å²) in [5.41, 5.74) is 4.54. The molecule has 0 unspecified atom stereocenters. The van der Waals surface area contributed by atoms with Crippen LogP contribution in [0.4, 0.5) is 5.82 Å². The van der Waals surface area contributed by atoms with Crippen LogP contribution in [0.3, 0.4) is 0 Å². The Hall–Kier alpha value is -2.20. The Morgan fingerprint density at radius 2 is 1.86 bits per heavy atom. The topological polar surface area (TPSA) is 81.1 Å². The van der Waals surface area contributed by atoms with Crippen LogP contribution in [-0.2, 0) is 21.3 Å². The summed E-state index contributed by atoms with van der Waals surface area (Å²) in [6.07, 6.45) is 0. The third-order valence-electron chi connectivity index (χ3n) is 4.94. The molecule has 0 radical (unpaired) electrons. The van der Waals surface area contributed by atoms with Crippen LogP contribution in [-0.4, -0.2) is 24.1 Å². The molecule has 0 spiro atoms. The number of carbonyl (C=O) groups is 1. The normalized spacial score (nSPS) is 14.7. The van der Waals surface area contributed by atoms with E-state index in [9.17, 15) is 13.2 Å². The minimum absolute atomic E-state index is 0.105. The molecule has 1 aliphatic rings. The number of sulfone groups is 1. The van der Waals surface area contributed by atoms with Crippen LogP contribution in [0.1, 0.15) is 32.7 Å². The van der Waals surface area contributed by atoms with Crippen molar-refractivity contribution >= 4 is 44.2 Å². The zero-order chi connectivity index (χ0) is 20.1. The number of rotatable bonds is 3. The number of nitrogens with zero attached hydrogens (tertiary/aromatic N) is 2. The summed E-state index contributed by atoms with van der Waals surface area (Å²) in [4.78, 5) is 12.9. The Balaban J connectivity index is 1.85. The van der Waals surface area contributed by atoms with Gasteiger partial charge in [0.2, 0.25) is 0 Å². The second kappa shape index (κ2) is 7.00. The average molecular weight is 507 g/mol. The molecule has 0 aliphatic carbocycles. The first-order chi connectivity index (χ1) is 13.3. The van der Waals surface area contributed by atoms with E-state index in [1.54, 1.807) is 16.8 Å². The van der Waals surface area contributed by atoms with Crippen molar-refractivity contribution in [1.82, 2.24) is 9.78 Å². The summed E-state index contributed by atoms with van der Waals surface area (Å²) in [6.45, 7) is 3.99. The van der Waals surface area contributed by atoms with E-state index < -0.39 is 9.84 Å². The highest BCUT2D eigenvalue weighted by Crippen LogP contribution is 2.34. The minimum Gasteiger partial charge on any atom is -0.306 e. The quantitative estimate of drug-likeness (QED) is 0.548. The average Bonchev–Trinajstić information content (AvgIpc) is 3.10. The standard InChI is InChI=1S/C20H18IN3O3S/c1-12-6-5-9-18(13(12)2)24-19(15-10-28(26,27)11-17(15)23-24)22-20(25)14-7-3-4-8-16(14)21/h3-9H,10-11H2,1-2H3,(H,22,25). The summed E-state index contributed by atoms with van der Waals surface area (Å²) in [7, 11) is -3.24. The maximum atomic E-state index is 12.9. The van der Waals surface area contributed by atoms with Crippen molar-refractivity contribution in [3.63, 3.8) is 0 Å². The zero-order valence-corrected chi connectivity index (χ0v) is 18.3. The lowest BCUT2D eigenvalue weighted by molar-refractivity contribution is 0.102. The fraction of sp³-hybridized carbons (Fsp3) is 0.200. The molecule has 6 nitrogen and oxygen atoms in total. The molecule has 1 N–H and O–H groups in total. The molecule has 0 fully saturated rings. The number of nitrogens with one attached hydrogen (secondary N) is 1. The molecule has 2 aromatic carbocycles. The first-order valence-corrected chi connectivity index (χ1v) is 11.6. The lowest BCUT2D eigenvalue weighted by Crippen LogP contribution is -2.18. The van der Waals surface area contributed by atoms with Crippen molar-refractivity contribution in [2.75, 3.05) is 5.32 Å². The van der Waals surface area contributed by atoms with Crippen LogP contribution in [0.2, 0.25) is 0 Å². The van der Waals surface area contributed by atoms with E-state index in [1.165, 1.54) is 0 Å². The fourth-order valence-electron chi connectivity index (χ4n) is 3.33. The van der Waals surface area contributed by atoms with Crippen LogP contribution >= 0.6 is 22.6 Å². The van der Waals surface area contributed by atoms with Crippen molar-refractivity contribution in [3.8, 4) is 5.69 Å². The fourth-order valence-corrected chi connectivity index (χ4v) is 5.46. The predicted molar refractivity (Wildman–Crippen MR) is 116 cm³/mol. The molecule has 4 rings (SSSR count). The van der Waals surface area contributed by atoms with E-state index in [2.05, 4.69) is 33.0 Å². The number of hydrogen-bond acceptors (Lipinski definition) is 4. The Bertz CT molecular complexity index is 1220. The van der Waals surface area contributed by atoms with E-state index in [1.807, 2.05) is 44.2 Å². The van der Waals surface area contributed by atoms with Crippen LogP contribution < -0.4 is 5.32 Å². The third-order valence-corrected chi connectivity index (χ3v) is 7.32. The van der Waals surface area contributed by atoms with E-state index in [0.29, 0.717) is 22.6 Å². The van der Waals surface area contributed by atoms with Gasteiger partial charge < -0.3 is 5.32 Å². The first kappa shape index (κ1) is 19.1. The number of halogens is 1. The van der Waals surface area contributed by atoms with Crippen molar-refractivity contribution in [2.45, 2.75) is 25.4 Å². The van der Waals surface area contributed by atoms with Gasteiger partial charge in [0.25, 0.3) is 5.91 Å². The second-order valence-corrected chi connectivity index (χ2v) is 10.1. The van der Waals surface area contributed by atoms with Crippen LogP contribution in [0, 0.1) is 17.4 Å². The van der Waals surface area contributed by atoms with Gasteiger partial charge >= 0.3 is 0 Å². The number of aromatic nitrogens is 2. The summed E-state index contributed by atoms with van der Waals surface area (Å²) in [5.74, 6) is -0.0846. The molecule has 8 heteroatoms. The molecule has 144 valence electrons. The Kier molecular flexibility index (Phi) is 4.78. The predicted octanol–water partition coefficient (Wildman–Crippen LogP) is 3.77. The molecule has 2 heterocycles. The molecule has 1 amide bonds. The maximum Gasteiger partial charge on any atom is 0.257 e. The third kappa shape index (κ3) is 3.35. The Morgan fingerprint density at radius 3 is 2.61 bits per heavy atom. The molecule has 1 aliphatic heterocycles. The molecule has 0 saturated heterocycles. The van der Waals surface area contributed by atoms with Gasteiger partial charge in [0, 0.05) is 9.13 Å². The number of aryl methyl sites for hydroxylation is 1. The number of benzene rings is 2. The number of fused-ring (bicyclic) bond motifs is 1.